The molecule has 0 fully saturated rings. The van der Waals surface area contributed by atoms with E-state index in [2.05, 4.69) is 0 Å². The Morgan fingerprint density at radius 3 is 2.06 bits per heavy atom. The Morgan fingerprint density at radius 2 is 1.50 bits per heavy atom. The molecule has 2 aromatic rings. The van der Waals surface area contributed by atoms with E-state index in [1.165, 1.54) is 24.3 Å². The molecule has 0 amide bonds. The molecule has 0 saturated heterocycles. The molecule has 0 spiro atoms. The lowest BCUT2D eigenvalue weighted by Crippen LogP contribution is -1.99. The molecule has 6 heteroatoms. The van der Waals surface area contributed by atoms with Crippen LogP contribution >= 0.6 is 11.6 Å². The van der Waals surface area contributed by atoms with Crippen molar-refractivity contribution in [2.45, 2.75) is 0 Å². The van der Waals surface area contributed by atoms with Gasteiger partial charge in [0, 0.05) is 11.1 Å². The third-order valence-corrected chi connectivity index (χ3v) is 2.32. The number of hydrogen-bond acceptors (Lipinski definition) is 1. The van der Waals surface area contributed by atoms with Gasteiger partial charge in [-0.05, 0) is 18.2 Å². The largest absolute Gasteiger partial charge is 0.451 e. The Bertz CT molecular complexity index is 575. The van der Waals surface area contributed by atoms with Gasteiger partial charge in [-0.15, -0.1) is 0 Å². The average molecular weight is 277 g/mol. The number of hydrogen-bond donors (Lipinski definition) is 0. The Hall–Kier alpha value is -1.75. The molecule has 0 aromatic heterocycles. The van der Waals surface area contributed by atoms with Gasteiger partial charge in [-0.25, -0.2) is 8.78 Å². The first-order chi connectivity index (χ1) is 8.49. The highest BCUT2D eigenvalue weighted by atomic mass is 35.5. The normalized spacial score (nSPS) is 10.5. The Labute approximate surface area is 105 Å². The number of ether oxygens (including phenoxy) is 1. The molecular formula is C12H5ClF4O. The molecule has 0 aliphatic rings. The highest BCUT2D eigenvalue weighted by Gasteiger charge is 2.21. The average Bonchev–Trinajstić information content (AvgIpc) is 2.32. The van der Waals surface area contributed by atoms with Crippen LogP contribution in [-0.4, -0.2) is 0 Å². The van der Waals surface area contributed by atoms with Crippen LogP contribution in [-0.2, 0) is 0 Å². The Kier molecular flexibility index (Phi) is 3.43. The van der Waals surface area contributed by atoms with E-state index in [9.17, 15) is 17.6 Å². The van der Waals surface area contributed by atoms with Crippen molar-refractivity contribution in [3.63, 3.8) is 0 Å². The van der Waals surface area contributed by atoms with E-state index in [1.807, 2.05) is 0 Å². The van der Waals surface area contributed by atoms with Crippen molar-refractivity contribution in [3.05, 3.63) is 58.6 Å². The molecule has 2 aromatic carbocycles. The number of rotatable bonds is 2. The lowest BCUT2D eigenvalue weighted by atomic mass is 10.3. The van der Waals surface area contributed by atoms with Crippen molar-refractivity contribution in [2.24, 2.45) is 0 Å². The third kappa shape index (κ3) is 2.41. The van der Waals surface area contributed by atoms with Gasteiger partial charge in [0.15, 0.2) is 11.6 Å². The summed E-state index contributed by atoms with van der Waals surface area (Å²) in [6.07, 6.45) is 0. The third-order valence-electron chi connectivity index (χ3n) is 2.09. The molecule has 0 N–H and O–H groups in total. The summed E-state index contributed by atoms with van der Waals surface area (Å²) in [4.78, 5) is 0. The molecule has 2 rings (SSSR count). The summed E-state index contributed by atoms with van der Waals surface area (Å²) in [6.45, 7) is 0. The van der Waals surface area contributed by atoms with Gasteiger partial charge >= 0.3 is 0 Å². The van der Waals surface area contributed by atoms with E-state index in [-0.39, 0.29) is 16.8 Å². The van der Waals surface area contributed by atoms with Gasteiger partial charge in [0.25, 0.3) is 0 Å². The minimum Gasteiger partial charge on any atom is -0.451 e. The minimum atomic E-state index is -1.60. The summed E-state index contributed by atoms with van der Waals surface area (Å²) in [5.74, 6) is -7.46. The lowest BCUT2D eigenvalue weighted by Gasteiger charge is -2.09. The van der Waals surface area contributed by atoms with Crippen molar-refractivity contribution in [1.82, 2.24) is 0 Å². The van der Waals surface area contributed by atoms with Crippen molar-refractivity contribution in [1.29, 1.82) is 0 Å². The predicted molar refractivity (Wildman–Crippen MR) is 57.8 cm³/mol. The van der Waals surface area contributed by atoms with Crippen LogP contribution in [0.5, 0.6) is 11.5 Å². The maximum absolute atomic E-state index is 13.3. The maximum atomic E-state index is 13.3. The fraction of sp³-hybridized carbons (Fsp3) is 0. The second kappa shape index (κ2) is 4.86. The SMILES string of the molecule is Fc1cc(F)c(F)c(Oc2cccc(Cl)c2)c1F. The Morgan fingerprint density at radius 1 is 0.889 bits per heavy atom. The van der Waals surface area contributed by atoms with Crippen LogP contribution in [0, 0.1) is 23.3 Å². The monoisotopic (exact) mass is 276 g/mol. The summed E-state index contributed by atoms with van der Waals surface area (Å²) in [6, 6.07) is 5.67. The molecule has 0 atom stereocenters. The molecule has 0 unspecified atom stereocenters. The molecule has 0 heterocycles. The molecule has 18 heavy (non-hydrogen) atoms. The first-order valence-corrected chi connectivity index (χ1v) is 5.13. The summed E-state index contributed by atoms with van der Waals surface area (Å²) >= 11 is 5.64. The van der Waals surface area contributed by atoms with Gasteiger partial charge in [0.2, 0.25) is 17.4 Å². The quantitative estimate of drug-likeness (QED) is 0.571. The van der Waals surface area contributed by atoms with Gasteiger partial charge in [0.1, 0.15) is 5.75 Å². The zero-order chi connectivity index (χ0) is 13.3. The van der Waals surface area contributed by atoms with Gasteiger partial charge in [-0.2, -0.15) is 8.78 Å². The predicted octanol–water partition coefficient (Wildman–Crippen LogP) is 4.69. The molecule has 0 radical (unpaired) electrons. The summed E-state index contributed by atoms with van der Waals surface area (Å²) in [5.41, 5.74) is 0. The zero-order valence-electron chi connectivity index (χ0n) is 8.68. The van der Waals surface area contributed by atoms with Crippen molar-refractivity contribution < 1.29 is 22.3 Å². The summed E-state index contributed by atoms with van der Waals surface area (Å²) < 4.78 is 57.2. The van der Waals surface area contributed by atoms with E-state index >= 15 is 0 Å². The summed E-state index contributed by atoms with van der Waals surface area (Å²) in [5, 5.41) is 0.255. The first-order valence-electron chi connectivity index (χ1n) is 4.75. The molecule has 1 nitrogen and oxygen atoms in total. The van der Waals surface area contributed by atoms with Crippen LogP contribution in [0.3, 0.4) is 0 Å². The van der Waals surface area contributed by atoms with Crippen molar-refractivity contribution in [2.75, 3.05) is 0 Å². The van der Waals surface area contributed by atoms with Gasteiger partial charge in [-0.3, -0.25) is 0 Å². The van der Waals surface area contributed by atoms with Gasteiger partial charge < -0.3 is 4.74 Å². The van der Waals surface area contributed by atoms with Crippen LogP contribution in [0.25, 0.3) is 0 Å². The van der Waals surface area contributed by atoms with E-state index < -0.39 is 29.0 Å². The lowest BCUT2D eigenvalue weighted by molar-refractivity contribution is 0.366. The van der Waals surface area contributed by atoms with Crippen molar-refractivity contribution in [3.8, 4) is 11.5 Å². The van der Waals surface area contributed by atoms with Crippen LogP contribution < -0.4 is 4.74 Å². The molecule has 0 saturated carbocycles. The second-order valence-electron chi connectivity index (χ2n) is 3.36. The first kappa shape index (κ1) is 12.7. The minimum absolute atomic E-state index is 0.0368. The molecular weight excluding hydrogens is 272 g/mol. The highest BCUT2D eigenvalue weighted by molar-refractivity contribution is 6.30. The second-order valence-corrected chi connectivity index (χ2v) is 3.79. The number of halogens is 5. The molecule has 0 aliphatic heterocycles. The van der Waals surface area contributed by atoms with E-state index in [1.54, 1.807) is 0 Å². The molecule has 94 valence electrons. The standard InChI is InChI=1S/C12H5ClF4O/c13-6-2-1-3-7(4-6)18-12-10(16)8(14)5-9(15)11(12)17/h1-5H. The van der Waals surface area contributed by atoms with E-state index in [0.717, 1.165) is 0 Å². The topological polar surface area (TPSA) is 9.23 Å². The van der Waals surface area contributed by atoms with E-state index in [4.69, 9.17) is 16.3 Å². The van der Waals surface area contributed by atoms with Crippen LogP contribution in [0.4, 0.5) is 17.6 Å². The van der Waals surface area contributed by atoms with Crippen LogP contribution in [0.1, 0.15) is 0 Å². The van der Waals surface area contributed by atoms with Gasteiger partial charge in [-0.1, -0.05) is 17.7 Å². The van der Waals surface area contributed by atoms with Crippen LogP contribution in [0.2, 0.25) is 5.02 Å². The number of benzene rings is 2. The fourth-order valence-electron chi connectivity index (χ4n) is 1.29. The van der Waals surface area contributed by atoms with E-state index in [0.29, 0.717) is 0 Å². The summed E-state index contributed by atoms with van der Waals surface area (Å²) in [7, 11) is 0. The zero-order valence-corrected chi connectivity index (χ0v) is 9.44. The van der Waals surface area contributed by atoms with Crippen molar-refractivity contribution >= 4 is 11.6 Å². The molecule has 0 bridgehead atoms. The fourth-order valence-corrected chi connectivity index (χ4v) is 1.47. The maximum Gasteiger partial charge on any atom is 0.204 e. The highest BCUT2D eigenvalue weighted by Crippen LogP contribution is 2.31. The van der Waals surface area contributed by atoms with Crippen LogP contribution in [0.15, 0.2) is 30.3 Å². The Balaban J connectivity index is 2.46. The smallest absolute Gasteiger partial charge is 0.204 e. The van der Waals surface area contributed by atoms with Gasteiger partial charge in [0.05, 0.1) is 0 Å². The molecule has 0 aliphatic carbocycles.